The Labute approximate surface area is 149 Å². The van der Waals surface area contributed by atoms with Gasteiger partial charge < -0.3 is 4.57 Å². The van der Waals surface area contributed by atoms with Gasteiger partial charge in [0.2, 0.25) is 5.78 Å². The van der Waals surface area contributed by atoms with E-state index in [0.717, 1.165) is 36.5 Å². The molecule has 0 spiro atoms. The van der Waals surface area contributed by atoms with Crippen molar-refractivity contribution in [3.63, 3.8) is 0 Å². The molecule has 0 amide bonds. The van der Waals surface area contributed by atoms with Gasteiger partial charge in [-0.05, 0) is 74.8 Å². The second-order valence-corrected chi connectivity index (χ2v) is 9.13. The Bertz CT molecular complexity index is 925. The van der Waals surface area contributed by atoms with Crippen LogP contribution in [-0.2, 0) is 12.0 Å². The third-order valence-corrected chi connectivity index (χ3v) is 7.39. The molecule has 130 valence electrons. The number of fused-ring (bicyclic) bond motifs is 3. The van der Waals surface area contributed by atoms with E-state index >= 15 is 0 Å². The summed E-state index contributed by atoms with van der Waals surface area (Å²) in [6.45, 7) is 3.31. The zero-order valence-corrected chi connectivity index (χ0v) is 15.1. The van der Waals surface area contributed by atoms with Crippen molar-refractivity contribution in [3.05, 3.63) is 36.2 Å². The van der Waals surface area contributed by atoms with E-state index in [0.29, 0.717) is 5.41 Å². The van der Waals surface area contributed by atoms with E-state index in [9.17, 15) is 0 Å². The molecular formula is C22H27N3. The van der Waals surface area contributed by atoms with Gasteiger partial charge in [-0.2, -0.15) is 0 Å². The Balaban J connectivity index is 1.54. The minimum atomic E-state index is 0.388. The molecule has 3 nitrogen and oxygen atoms in total. The van der Waals surface area contributed by atoms with Gasteiger partial charge >= 0.3 is 0 Å². The molecular weight excluding hydrogens is 306 g/mol. The summed E-state index contributed by atoms with van der Waals surface area (Å²) >= 11 is 0. The van der Waals surface area contributed by atoms with Crippen molar-refractivity contribution in [2.45, 2.75) is 63.8 Å². The van der Waals surface area contributed by atoms with Crippen LogP contribution in [0.5, 0.6) is 0 Å². The van der Waals surface area contributed by atoms with Gasteiger partial charge in [0.15, 0.2) is 0 Å². The quantitative estimate of drug-likeness (QED) is 0.648. The molecule has 0 unspecified atom stereocenters. The first kappa shape index (κ1) is 14.4. The van der Waals surface area contributed by atoms with Crippen molar-refractivity contribution < 1.29 is 0 Å². The molecule has 1 aromatic carbocycles. The van der Waals surface area contributed by atoms with Gasteiger partial charge in [-0.3, -0.25) is 4.40 Å². The van der Waals surface area contributed by atoms with Crippen LogP contribution in [0.25, 0.3) is 16.8 Å². The third-order valence-electron chi connectivity index (χ3n) is 7.39. The predicted octanol–water partition coefficient (Wildman–Crippen LogP) is 5.17. The highest BCUT2D eigenvalue weighted by Gasteiger charge is 2.52. The molecule has 0 N–H and O–H groups in total. The lowest BCUT2D eigenvalue weighted by molar-refractivity contribution is -0.00698. The number of hydrogen-bond donors (Lipinski definition) is 0. The van der Waals surface area contributed by atoms with Crippen LogP contribution < -0.4 is 0 Å². The number of imidazole rings is 2. The molecule has 2 aromatic heterocycles. The summed E-state index contributed by atoms with van der Waals surface area (Å²) in [6, 6.07) is 8.79. The lowest BCUT2D eigenvalue weighted by atomic mass is 9.49. The van der Waals surface area contributed by atoms with Crippen LogP contribution in [0.2, 0.25) is 0 Å². The number of nitrogens with zero attached hydrogens (tertiary/aromatic N) is 3. The van der Waals surface area contributed by atoms with Crippen molar-refractivity contribution in [1.82, 2.24) is 14.0 Å². The van der Waals surface area contributed by atoms with Crippen LogP contribution in [0.1, 0.15) is 57.6 Å². The molecule has 0 saturated heterocycles. The van der Waals surface area contributed by atoms with Crippen molar-refractivity contribution in [2.24, 2.45) is 17.8 Å². The highest BCUT2D eigenvalue weighted by molar-refractivity contribution is 5.81. The van der Waals surface area contributed by atoms with Crippen molar-refractivity contribution >= 4 is 16.8 Å². The summed E-state index contributed by atoms with van der Waals surface area (Å²) in [4.78, 5) is 5.28. The lowest BCUT2D eigenvalue weighted by Crippen LogP contribution is -2.48. The van der Waals surface area contributed by atoms with Crippen LogP contribution in [0.15, 0.2) is 30.5 Å². The minimum Gasteiger partial charge on any atom is -0.310 e. The maximum atomic E-state index is 5.28. The van der Waals surface area contributed by atoms with Gasteiger partial charge in [-0.15, -0.1) is 0 Å². The summed E-state index contributed by atoms with van der Waals surface area (Å²) in [6.07, 6.45) is 12.2. The van der Waals surface area contributed by atoms with Crippen molar-refractivity contribution in [2.75, 3.05) is 0 Å². The molecule has 3 aromatic rings. The van der Waals surface area contributed by atoms with Crippen LogP contribution in [-0.4, -0.2) is 14.0 Å². The standard InChI is InChI=1S/C22H27N3/c1-2-7-24-18-5-3-4-6-19(18)25-14-20(23-21(24)25)22-11-15-8-16(12-22)10-17(9-15)13-22/h3-6,14-17H,2,7-13H2,1H3. The highest BCUT2D eigenvalue weighted by Crippen LogP contribution is 2.60. The average molecular weight is 333 g/mol. The summed E-state index contributed by atoms with van der Waals surface area (Å²) < 4.78 is 4.80. The molecule has 0 aliphatic heterocycles. The number of para-hydroxylation sites is 2. The summed E-state index contributed by atoms with van der Waals surface area (Å²) in [5.74, 6) is 4.08. The SMILES string of the molecule is CCCn1c2ccccc2n2cc(C34CC5CC(CC(C5)C3)C4)nc12. The van der Waals surface area contributed by atoms with Crippen LogP contribution in [0.4, 0.5) is 0 Å². The van der Waals surface area contributed by atoms with E-state index in [1.807, 2.05) is 0 Å². The van der Waals surface area contributed by atoms with Crippen molar-refractivity contribution in [1.29, 1.82) is 0 Å². The Morgan fingerprint density at radius 2 is 1.64 bits per heavy atom. The van der Waals surface area contributed by atoms with Crippen molar-refractivity contribution in [3.8, 4) is 0 Å². The van der Waals surface area contributed by atoms with Gasteiger partial charge in [-0.25, -0.2) is 4.98 Å². The first-order valence-corrected chi connectivity index (χ1v) is 10.2. The van der Waals surface area contributed by atoms with Crippen LogP contribution in [0.3, 0.4) is 0 Å². The fraction of sp³-hybridized carbons (Fsp3) is 0.591. The molecule has 4 aliphatic rings. The molecule has 4 bridgehead atoms. The van der Waals surface area contributed by atoms with Gasteiger partial charge in [0.1, 0.15) is 0 Å². The summed E-state index contributed by atoms with van der Waals surface area (Å²) in [5, 5.41) is 0. The zero-order valence-electron chi connectivity index (χ0n) is 15.1. The third kappa shape index (κ3) is 1.90. The van der Waals surface area contributed by atoms with Crippen LogP contribution in [0, 0.1) is 17.8 Å². The van der Waals surface area contributed by atoms with Gasteiger partial charge in [0.25, 0.3) is 0 Å². The molecule has 4 fully saturated rings. The second kappa shape index (κ2) is 4.90. The molecule has 3 heteroatoms. The maximum absolute atomic E-state index is 5.28. The van der Waals surface area contributed by atoms with E-state index in [1.54, 1.807) is 0 Å². The molecule has 7 rings (SSSR count). The molecule has 0 atom stereocenters. The van der Waals surface area contributed by atoms with E-state index in [-0.39, 0.29) is 0 Å². The van der Waals surface area contributed by atoms with Gasteiger partial charge in [0, 0.05) is 18.2 Å². The summed E-state index contributed by atoms with van der Waals surface area (Å²) in [7, 11) is 0. The Morgan fingerprint density at radius 1 is 1.00 bits per heavy atom. The molecule has 2 heterocycles. The Hall–Kier alpha value is -1.77. The van der Waals surface area contributed by atoms with Gasteiger partial charge in [-0.1, -0.05) is 19.1 Å². The minimum absolute atomic E-state index is 0.388. The molecule has 4 aliphatic carbocycles. The first-order chi connectivity index (χ1) is 12.3. The number of hydrogen-bond acceptors (Lipinski definition) is 1. The topological polar surface area (TPSA) is 22.2 Å². The van der Waals surface area contributed by atoms with E-state index < -0.39 is 0 Å². The van der Waals surface area contributed by atoms with Gasteiger partial charge in [0.05, 0.1) is 16.7 Å². The Morgan fingerprint density at radius 3 is 2.28 bits per heavy atom. The fourth-order valence-electron chi connectivity index (χ4n) is 6.87. The van der Waals surface area contributed by atoms with Crippen LogP contribution >= 0.6 is 0 Å². The molecule has 0 radical (unpaired) electrons. The highest BCUT2D eigenvalue weighted by atomic mass is 15.2. The first-order valence-electron chi connectivity index (χ1n) is 10.2. The van der Waals surface area contributed by atoms with E-state index in [4.69, 9.17) is 4.98 Å². The largest absolute Gasteiger partial charge is 0.310 e. The second-order valence-electron chi connectivity index (χ2n) is 9.13. The number of benzene rings is 1. The Kier molecular flexibility index (Phi) is 2.82. The fourth-order valence-corrected chi connectivity index (χ4v) is 6.87. The van der Waals surface area contributed by atoms with E-state index in [2.05, 4.69) is 46.4 Å². The number of aryl methyl sites for hydroxylation is 1. The normalized spacial score (nSPS) is 33.7. The zero-order chi connectivity index (χ0) is 16.6. The summed E-state index contributed by atoms with van der Waals surface area (Å²) in [5.41, 5.74) is 4.43. The monoisotopic (exact) mass is 333 g/mol. The maximum Gasteiger partial charge on any atom is 0.215 e. The predicted molar refractivity (Wildman–Crippen MR) is 101 cm³/mol. The number of aromatic nitrogens is 3. The van der Waals surface area contributed by atoms with E-state index in [1.165, 1.54) is 55.3 Å². The average Bonchev–Trinajstić information content (AvgIpc) is 3.14. The smallest absolute Gasteiger partial charge is 0.215 e. The molecule has 25 heavy (non-hydrogen) atoms. The lowest BCUT2D eigenvalue weighted by Gasteiger charge is -2.56. The molecule has 4 saturated carbocycles. The number of rotatable bonds is 3.